The van der Waals surface area contributed by atoms with E-state index in [1.54, 1.807) is 0 Å². The van der Waals surface area contributed by atoms with E-state index in [2.05, 4.69) is 25.7 Å². The molecule has 0 heterocycles. The zero-order chi connectivity index (χ0) is 11.7. The first-order valence-corrected chi connectivity index (χ1v) is 5.51. The molecule has 3 heteroatoms. The monoisotopic (exact) mass is 213 g/mol. The van der Waals surface area contributed by atoms with Gasteiger partial charge in [0.15, 0.2) is 0 Å². The van der Waals surface area contributed by atoms with Crippen LogP contribution >= 0.6 is 0 Å². The van der Waals surface area contributed by atoms with Crippen LogP contribution < -0.4 is 5.32 Å². The first-order valence-electron chi connectivity index (χ1n) is 5.51. The zero-order valence-corrected chi connectivity index (χ0v) is 9.88. The first kappa shape index (κ1) is 14.2. The lowest BCUT2D eigenvalue weighted by molar-refractivity contribution is -0.137. The maximum atomic E-state index is 10.4. The van der Waals surface area contributed by atoms with Crippen molar-refractivity contribution >= 4 is 5.97 Å². The fraction of sp³-hybridized carbons (Fsp3) is 0.750. The Morgan fingerprint density at radius 2 is 2.07 bits per heavy atom. The number of carbonyl (C=O) groups is 1. The van der Waals surface area contributed by atoms with Crippen LogP contribution in [0.4, 0.5) is 0 Å². The Bertz CT molecular complexity index is 200. The van der Waals surface area contributed by atoms with Crippen LogP contribution in [0.15, 0.2) is 12.7 Å². The van der Waals surface area contributed by atoms with E-state index in [-0.39, 0.29) is 11.8 Å². The highest BCUT2D eigenvalue weighted by Crippen LogP contribution is 2.25. The average Bonchev–Trinajstić information content (AvgIpc) is 2.15. The summed E-state index contributed by atoms with van der Waals surface area (Å²) in [6, 6.07) is 0. The molecule has 0 aromatic heterocycles. The van der Waals surface area contributed by atoms with E-state index < -0.39 is 5.97 Å². The largest absolute Gasteiger partial charge is 0.481 e. The molecule has 0 aromatic carbocycles. The van der Waals surface area contributed by atoms with Gasteiger partial charge in [-0.25, -0.2) is 0 Å². The fourth-order valence-electron chi connectivity index (χ4n) is 1.33. The van der Waals surface area contributed by atoms with Crippen molar-refractivity contribution in [2.24, 2.45) is 5.41 Å². The van der Waals surface area contributed by atoms with Crippen LogP contribution in [-0.2, 0) is 4.79 Å². The van der Waals surface area contributed by atoms with Gasteiger partial charge in [0.1, 0.15) is 0 Å². The summed E-state index contributed by atoms with van der Waals surface area (Å²) in [5, 5.41) is 11.9. The molecule has 0 aromatic rings. The van der Waals surface area contributed by atoms with Crippen LogP contribution in [0.1, 0.15) is 39.5 Å². The second-order valence-electron chi connectivity index (χ2n) is 4.64. The molecule has 0 bridgehead atoms. The summed E-state index contributed by atoms with van der Waals surface area (Å²) in [6.45, 7) is 9.78. The Kier molecular flexibility index (Phi) is 7.05. The molecule has 15 heavy (non-hydrogen) atoms. The Morgan fingerprint density at radius 3 is 2.60 bits per heavy atom. The van der Waals surface area contributed by atoms with Gasteiger partial charge in [-0.3, -0.25) is 4.79 Å². The maximum Gasteiger partial charge on any atom is 0.303 e. The maximum absolute atomic E-state index is 10.4. The molecule has 2 N–H and O–H groups in total. The third-order valence-electron chi connectivity index (χ3n) is 2.52. The number of nitrogens with one attached hydrogen (secondary N) is 1. The summed E-state index contributed by atoms with van der Waals surface area (Å²) in [4.78, 5) is 10.4. The first-order chi connectivity index (χ1) is 6.98. The van der Waals surface area contributed by atoms with Gasteiger partial charge in [0.2, 0.25) is 0 Å². The van der Waals surface area contributed by atoms with Crippen molar-refractivity contribution in [2.75, 3.05) is 13.1 Å². The van der Waals surface area contributed by atoms with Gasteiger partial charge < -0.3 is 10.4 Å². The lowest BCUT2D eigenvalue weighted by atomic mass is 9.84. The minimum absolute atomic E-state index is 0.111. The predicted octanol–water partition coefficient (Wildman–Crippen LogP) is 2.43. The highest BCUT2D eigenvalue weighted by atomic mass is 16.4. The van der Waals surface area contributed by atoms with E-state index in [0.717, 1.165) is 32.4 Å². The third-order valence-corrected chi connectivity index (χ3v) is 2.52. The van der Waals surface area contributed by atoms with Gasteiger partial charge in [0.05, 0.1) is 0 Å². The normalized spacial score (nSPS) is 11.3. The molecular weight excluding hydrogens is 190 g/mol. The molecule has 0 aliphatic carbocycles. The third kappa shape index (κ3) is 9.47. The molecule has 0 atom stereocenters. The van der Waals surface area contributed by atoms with Gasteiger partial charge >= 0.3 is 5.97 Å². The summed E-state index contributed by atoms with van der Waals surface area (Å²) in [5.74, 6) is -0.706. The van der Waals surface area contributed by atoms with Crippen molar-refractivity contribution in [1.29, 1.82) is 0 Å². The summed E-state index contributed by atoms with van der Waals surface area (Å²) >= 11 is 0. The lowest BCUT2D eigenvalue weighted by Crippen LogP contribution is -2.23. The number of hydrogen-bond acceptors (Lipinski definition) is 2. The minimum Gasteiger partial charge on any atom is -0.481 e. The Hall–Kier alpha value is -0.830. The molecule has 0 unspecified atom stereocenters. The second-order valence-corrected chi connectivity index (χ2v) is 4.64. The number of carboxylic acids is 1. The van der Waals surface area contributed by atoms with Gasteiger partial charge in [-0.2, -0.15) is 0 Å². The van der Waals surface area contributed by atoms with E-state index in [9.17, 15) is 4.79 Å². The molecule has 3 nitrogen and oxygen atoms in total. The predicted molar refractivity (Wildman–Crippen MR) is 63.0 cm³/mol. The average molecular weight is 213 g/mol. The van der Waals surface area contributed by atoms with Crippen molar-refractivity contribution in [3.8, 4) is 0 Å². The van der Waals surface area contributed by atoms with E-state index in [1.165, 1.54) is 0 Å². The van der Waals surface area contributed by atoms with Crippen LogP contribution in [0.2, 0.25) is 0 Å². The van der Waals surface area contributed by atoms with E-state index >= 15 is 0 Å². The van der Waals surface area contributed by atoms with Gasteiger partial charge in [0.25, 0.3) is 0 Å². The van der Waals surface area contributed by atoms with Crippen molar-refractivity contribution < 1.29 is 9.90 Å². The topological polar surface area (TPSA) is 49.3 Å². The van der Waals surface area contributed by atoms with Crippen LogP contribution in [0.3, 0.4) is 0 Å². The second kappa shape index (κ2) is 7.46. The molecular formula is C12H23NO2. The highest BCUT2D eigenvalue weighted by molar-refractivity contribution is 5.66. The van der Waals surface area contributed by atoms with Crippen LogP contribution in [0.5, 0.6) is 0 Å². The molecule has 88 valence electrons. The van der Waals surface area contributed by atoms with Crippen LogP contribution in [0.25, 0.3) is 0 Å². The molecule has 0 rings (SSSR count). The van der Waals surface area contributed by atoms with Gasteiger partial charge in [-0.05, 0) is 37.8 Å². The lowest BCUT2D eigenvalue weighted by Gasteiger charge is -2.23. The molecule has 0 fully saturated rings. The quantitative estimate of drug-likeness (QED) is 0.457. The molecule has 0 aliphatic heterocycles. The Balaban J connectivity index is 3.54. The molecule has 0 radical (unpaired) electrons. The number of carboxylic acid groups (broad SMARTS) is 1. The van der Waals surface area contributed by atoms with Crippen molar-refractivity contribution in [1.82, 2.24) is 5.32 Å². The number of aliphatic carboxylic acids is 1. The Morgan fingerprint density at radius 1 is 1.40 bits per heavy atom. The fourth-order valence-corrected chi connectivity index (χ4v) is 1.33. The smallest absolute Gasteiger partial charge is 0.303 e. The van der Waals surface area contributed by atoms with Gasteiger partial charge in [-0.15, -0.1) is 6.58 Å². The van der Waals surface area contributed by atoms with Crippen molar-refractivity contribution in [3.05, 3.63) is 12.7 Å². The van der Waals surface area contributed by atoms with E-state index in [1.807, 2.05) is 6.08 Å². The number of rotatable bonds is 9. The van der Waals surface area contributed by atoms with Gasteiger partial charge in [-0.1, -0.05) is 19.9 Å². The molecule has 0 amide bonds. The van der Waals surface area contributed by atoms with Crippen molar-refractivity contribution in [3.63, 3.8) is 0 Å². The standard InChI is InChI=1S/C12H23NO2/c1-4-5-9-13-10-8-12(2,3)7-6-11(14)15/h4,13H,1,5-10H2,2-3H3,(H,14,15). The van der Waals surface area contributed by atoms with E-state index in [0.29, 0.717) is 0 Å². The summed E-state index contributed by atoms with van der Waals surface area (Å²) in [5.41, 5.74) is 0.111. The summed E-state index contributed by atoms with van der Waals surface area (Å²) in [6.07, 6.45) is 4.89. The number of hydrogen-bond donors (Lipinski definition) is 2. The van der Waals surface area contributed by atoms with Crippen LogP contribution in [-0.4, -0.2) is 24.2 Å². The minimum atomic E-state index is -0.706. The molecule has 0 spiro atoms. The van der Waals surface area contributed by atoms with Crippen molar-refractivity contribution in [2.45, 2.75) is 39.5 Å². The van der Waals surface area contributed by atoms with Crippen LogP contribution in [0, 0.1) is 5.41 Å². The molecule has 0 aliphatic rings. The van der Waals surface area contributed by atoms with Gasteiger partial charge in [0, 0.05) is 6.42 Å². The molecule has 0 saturated carbocycles. The highest BCUT2D eigenvalue weighted by Gasteiger charge is 2.18. The summed E-state index contributed by atoms with van der Waals surface area (Å²) < 4.78 is 0. The van der Waals surface area contributed by atoms with E-state index in [4.69, 9.17) is 5.11 Å². The summed E-state index contributed by atoms with van der Waals surface area (Å²) in [7, 11) is 0. The Labute approximate surface area is 92.6 Å². The zero-order valence-electron chi connectivity index (χ0n) is 9.88. The molecule has 0 saturated heterocycles. The SMILES string of the molecule is C=CCCNCCC(C)(C)CCC(=O)O.